The van der Waals surface area contributed by atoms with E-state index < -0.39 is 40.6 Å². The van der Waals surface area contributed by atoms with E-state index in [-0.39, 0.29) is 30.0 Å². The summed E-state index contributed by atoms with van der Waals surface area (Å²) in [6, 6.07) is 5.87. The first-order chi connectivity index (χ1) is 16.7. The molecule has 0 bridgehead atoms. The van der Waals surface area contributed by atoms with Crippen molar-refractivity contribution in [1.82, 2.24) is 9.97 Å². The molecule has 5 nitrogen and oxygen atoms in total. The zero-order chi connectivity index (χ0) is 25.3. The SMILES string of the molecule is CSc1cc(F)c(-c2nc(C(=O)Cc3cnccc3[C@H]3C[C@@H](N)[C@H](O)[C@@H](C)C3)ccc2F)c(F)c1. The Kier molecular flexibility index (Phi) is 7.59. The number of benzene rings is 1. The Balaban J connectivity index is 1.64. The molecule has 1 saturated carbocycles. The van der Waals surface area contributed by atoms with Crippen LogP contribution >= 0.6 is 11.8 Å². The number of carbonyl (C=O) groups is 1. The number of nitrogens with zero attached hydrogens (tertiary/aromatic N) is 2. The van der Waals surface area contributed by atoms with Crippen molar-refractivity contribution < 1.29 is 23.1 Å². The van der Waals surface area contributed by atoms with Gasteiger partial charge < -0.3 is 10.8 Å². The van der Waals surface area contributed by atoms with Crippen molar-refractivity contribution in [2.45, 2.75) is 49.1 Å². The molecule has 184 valence electrons. The van der Waals surface area contributed by atoms with Gasteiger partial charge in [0.15, 0.2) is 5.78 Å². The monoisotopic (exact) mass is 501 g/mol. The zero-order valence-corrected chi connectivity index (χ0v) is 20.2. The lowest BCUT2D eigenvalue weighted by Gasteiger charge is -2.36. The number of aliphatic hydroxyl groups excluding tert-OH is 1. The maximum atomic E-state index is 14.6. The van der Waals surface area contributed by atoms with Gasteiger partial charge in [-0.15, -0.1) is 11.8 Å². The summed E-state index contributed by atoms with van der Waals surface area (Å²) in [5, 5.41) is 10.2. The van der Waals surface area contributed by atoms with Crippen molar-refractivity contribution in [1.29, 1.82) is 0 Å². The van der Waals surface area contributed by atoms with E-state index in [1.165, 1.54) is 6.07 Å². The molecule has 0 aliphatic heterocycles. The van der Waals surface area contributed by atoms with Gasteiger partial charge in [0.05, 0.1) is 11.7 Å². The van der Waals surface area contributed by atoms with E-state index in [9.17, 15) is 23.1 Å². The van der Waals surface area contributed by atoms with Crippen molar-refractivity contribution >= 4 is 17.5 Å². The molecule has 2 aromatic heterocycles. The number of carbonyl (C=O) groups excluding carboxylic acids is 1. The number of pyridine rings is 2. The number of hydrogen-bond acceptors (Lipinski definition) is 6. The molecule has 3 N–H and O–H groups in total. The van der Waals surface area contributed by atoms with Crippen LogP contribution in [0.4, 0.5) is 13.2 Å². The molecule has 3 aromatic rings. The number of thioether (sulfide) groups is 1. The molecule has 0 unspecified atom stereocenters. The molecule has 4 rings (SSSR count). The Morgan fingerprint density at radius 3 is 2.51 bits per heavy atom. The van der Waals surface area contributed by atoms with E-state index in [0.29, 0.717) is 23.3 Å². The summed E-state index contributed by atoms with van der Waals surface area (Å²) in [7, 11) is 0. The van der Waals surface area contributed by atoms with Crippen LogP contribution in [0, 0.1) is 23.4 Å². The zero-order valence-electron chi connectivity index (χ0n) is 19.3. The van der Waals surface area contributed by atoms with Crippen LogP contribution in [-0.2, 0) is 6.42 Å². The third-order valence-electron chi connectivity index (χ3n) is 6.59. The molecule has 0 amide bonds. The van der Waals surface area contributed by atoms with E-state index in [2.05, 4.69) is 9.97 Å². The molecular formula is C26H26F3N3O2S. The first-order valence-electron chi connectivity index (χ1n) is 11.3. The van der Waals surface area contributed by atoms with Gasteiger partial charge in [0, 0.05) is 29.8 Å². The molecule has 0 radical (unpaired) electrons. The maximum Gasteiger partial charge on any atom is 0.185 e. The summed E-state index contributed by atoms with van der Waals surface area (Å²) in [6.45, 7) is 1.94. The number of ketones is 1. The number of hydrogen-bond donors (Lipinski definition) is 2. The van der Waals surface area contributed by atoms with Gasteiger partial charge in [-0.2, -0.15) is 0 Å². The van der Waals surface area contributed by atoms with Crippen molar-refractivity contribution in [3.05, 3.63) is 77.0 Å². The summed E-state index contributed by atoms with van der Waals surface area (Å²) < 4.78 is 43.8. The van der Waals surface area contributed by atoms with Crippen LogP contribution in [0.1, 0.15) is 47.3 Å². The van der Waals surface area contributed by atoms with Crippen LogP contribution in [-0.4, -0.2) is 39.3 Å². The van der Waals surface area contributed by atoms with E-state index in [0.717, 1.165) is 35.5 Å². The quantitative estimate of drug-likeness (QED) is 0.369. The highest BCUT2D eigenvalue weighted by molar-refractivity contribution is 7.98. The minimum absolute atomic E-state index is 0.00378. The first kappa shape index (κ1) is 25.3. The normalized spacial score (nSPS) is 22.3. The number of Topliss-reactive ketones (excluding diaryl/α,β-unsaturated/α-hetero) is 1. The average molecular weight is 502 g/mol. The van der Waals surface area contributed by atoms with E-state index in [1.807, 2.05) is 13.0 Å². The molecule has 1 aliphatic carbocycles. The number of aliphatic hydroxyl groups is 1. The van der Waals surface area contributed by atoms with Crippen molar-refractivity contribution in [2.24, 2.45) is 11.7 Å². The van der Waals surface area contributed by atoms with Crippen LogP contribution in [0.15, 0.2) is 47.6 Å². The molecule has 1 fully saturated rings. The van der Waals surface area contributed by atoms with Crippen LogP contribution in [0.2, 0.25) is 0 Å². The average Bonchev–Trinajstić information content (AvgIpc) is 2.83. The van der Waals surface area contributed by atoms with Gasteiger partial charge in [0.25, 0.3) is 0 Å². The van der Waals surface area contributed by atoms with Crippen molar-refractivity contribution in [3.63, 3.8) is 0 Å². The van der Waals surface area contributed by atoms with Crippen molar-refractivity contribution in [2.75, 3.05) is 6.26 Å². The second-order valence-electron chi connectivity index (χ2n) is 8.97. The Morgan fingerprint density at radius 2 is 1.86 bits per heavy atom. The molecule has 35 heavy (non-hydrogen) atoms. The Morgan fingerprint density at radius 1 is 1.14 bits per heavy atom. The van der Waals surface area contributed by atoms with Gasteiger partial charge in [-0.1, -0.05) is 6.92 Å². The second kappa shape index (κ2) is 10.5. The standard InChI is InChI=1S/C26H26F3N3O2S/c1-13-7-14(8-21(30)26(13)34)17-5-6-31-12-15(17)9-23(33)22-4-3-18(27)25(32-22)24-19(28)10-16(35-2)11-20(24)29/h3-6,10-14,21,26,34H,7-9,30H2,1-2H3/t13-,14+,21+,26+/m0/s1. The summed E-state index contributed by atoms with van der Waals surface area (Å²) in [4.78, 5) is 21.6. The lowest BCUT2D eigenvalue weighted by Crippen LogP contribution is -2.44. The summed E-state index contributed by atoms with van der Waals surface area (Å²) >= 11 is 1.15. The molecule has 0 spiro atoms. The first-order valence-corrected chi connectivity index (χ1v) is 12.5. The largest absolute Gasteiger partial charge is 0.391 e. The van der Waals surface area contributed by atoms with Crippen LogP contribution < -0.4 is 5.73 Å². The highest BCUT2D eigenvalue weighted by Gasteiger charge is 2.34. The molecule has 1 aliphatic rings. The predicted molar refractivity (Wildman–Crippen MR) is 129 cm³/mol. The highest BCUT2D eigenvalue weighted by atomic mass is 32.2. The fourth-order valence-corrected chi connectivity index (χ4v) is 5.19. The fourth-order valence-electron chi connectivity index (χ4n) is 4.74. The number of aromatic nitrogens is 2. The Hall–Kier alpha value is -2.75. The number of halogens is 3. The van der Waals surface area contributed by atoms with E-state index in [1.54, 1.807) is 18.6 Å². The predicted octanol–water partition coefficient (Wildman–Crippen LogP) is 4.91. The molecular weight excluding hydrogens is 475 g/mol. The minimum Gasteiger partial charge on any atom is -0.391 e. The smallest absolute Gasteiger partial charge is 0.185 e. The summed E-state index contributed by atoms with van der Waals surface area (Å²) in [5.74, 6) is -3.22. The lowest BCUT2D eigenvalue weighted by atomic mass is 9.74. The Labute approximate surface area is 206 Å². The third kappa shape index (κ3) is 5.27. The summed E-state index contributed by atoms with van der Waals surface area (Å²) in [5.41, 5.74) is 6.45. The van der Waals surface area contributed by atoms with E-state index >= 15 is 0 Å². The molecule has 0 saturated heterocycles. The molecule has 2 heterocycles. The van der Waals surface area contributed by atoms with Gasteiger partial charge in [-0.25, -0.2) is 18.2 Å². The second-order valence-corrected chi connectivity index (χ2v) is 9.85. The van der Waals surface area contributed by atoms with Gasteiger partial charge in [-0.3, -0.25) is 9.78 Å². The number of rotatable bonds is 6. The van der Waals surface area contributed by atoms with Crippen LogP contribution in [0.3, 0.4) is 0 Å². The van der Waals surface area contributed by atoms with E-state index in [4.69, 9.17) is 5.73 Å². The van der Waals surface area contributed by atoms with Gasteiger partial charge >= 0.3 is 0 Å². The van der Waals surface area contributed by atoms with Gasteiger partial charge in [0.2, 0.25) is 0 Å². The molecule has 4 atom stereocenters. The van der Waals surface area contributed by atoms with Crippen molar-refractivity contribution in [3.8, 4) is 11.3 Å². The molecule has 1 aromatic carbocycles. The molecule has 9 heteroatoms. The Bertz CT molecular complexity index is 1220. The van der Waals surface area contributed by atoms with Crippen LogP contribution in [0.5, 0.6) is 0 Å². The third-order valence-corrected chi connectivity index (χ3v) is 7.29. The minimum atomic E-state index is -0.954. The maximum absolute atomic E-state index is 14.6. The topological polar surface area (TPSA) is 89.1 Å². The van der Waals surface area contributed by atoms with Crippen LogP contribution in [0.25, 0.3) is 11.3 Å². The van der Waals surface area contributed by atoms with Gasteiger partial charge in [-0.05, 0) is 72.4 Å². The number of nitrogens with two attached hydrogens (primary N) is 1. The lowest BCUT2D eigenvalue weighted by molar-refractivity contribution is 0.0519. The summed E-state index contributed by atoms with van der Waals surface area (Å²) in [6.07, 6.45) is 5.54. The fraction of sp³-hybridized carbons (Fsp3) is 0.346. The van der Waals surface area contributed by atoms with Gasteiger partial charge in [0.1, 0.15) is 28.8 Å². The highest BCUT2D eigenvalue weighted by Crippen LogP contribution is 2.37.